The Morgan fingerprint density at radius 3 is 2.86 bits per heavy atom. The van der Waals surface area contributed by atoms with Gasteiger partial charge in [-0.3, -0.25) is 0 Å². The highest BCUT2D eigenvalue weighted by Gasteiger charge is 2.44. The van der Waals surface area contributed by atoms with Gasteiger partial charge in [0, 0.05) is 21.5 Å². The first-order valence-corrected chi connectivity index (χ1v) is 6.82. The molecule has 0 bridgehead atoms. The zero-order valence-corrected chi connectivity index (χ0v) is 11.6. The Balaban J connectivity index is 2.06. The number of halogens is 1. The summed E-state index contributed by atoms with van der Waals surface area (Å²) in [5.41, 5.74) is 6.82. The van der Waals surface area contributed by atoms with Crippen LogP contribution in [0.15, 0.2) is 58.1 Å². The molecule has 2 aromatic carbocycles. The molecule has 4 rings (SSSR count). The van der Waals surface area contributed by atoms with Crippen molar-refractivity contribution in [2.75, 3.05) is 0 Å². The van der Waals surface area contributed by atoms with Gasteiger partial charge in [-0.15, -0.1) is 0 Å². The molecule has 5 heteroatoms. The standard InChI is InChI=1S/C16H11ClN2O2/c17-10-4-5-13-12(8-10)16(20,15(18)19-13)11-3-1-2-9-6-7-21-14(9)11/h1-8,20H,(H2,18,19). The first kappa shape index (κ1) is 12.4. The van der Waals surface area contributed by atoms with E-state index in [-0.39, 0.29) is 5.84 Å². The smallest absolute Gasteiger partial charge is 0.178 e. The summed E-state index contributed by atoms with van der Waals surface area (Å²) in [4.78, 5) is 4.26. The Labute approximate surface area is 125 Å². The molecule has 2 heterocycles. The highest BCUT2D eigenvalue weighted by molar-refractivity contribution is 6.30. The molecule has 1 aliphatic rings. The second kappa shape index (κ2) is 4.10. The minimum Gasteiger partial charge on any atom is -0.464 e. The molecule has 3 N–H and O–H groups in total. The fraction of sp³-hybridized carbons (Fsp3) is 0.0625. The second-order valence-corrected chi connectivity index (χ2v) is 5.45. The van der Waals surface area contributed by atoms with Crippen LogP contribution >= 0.6 is 11.6 Å². The predicted octanol–water partition coefficient (Wildman–Crippen LogP) is 3.32. The molecule has 3 aromatic rings. The molecule has 0 aliphatic carbocycles. The van der Waals surface area contributed by atoms with Crippen LogP contribution in [0.4, 0.5) is 5.69 Å². The molecular weight excluding hydrogens is 288 g/mol. The Morgan fingerprint density at radius 1 is 1.14 bits per heavy atom. The van der Waals surface area contributed by atoms with Crippen LogP contribution in [0.25, 0.3) is 11.0 Å². The van der Waals surface area contributed by atoms with Crippen molar-refractivity contribution >= 4 is 34.1 Å². The van der Waals surface area contributed by atoms with E-state index in [4.69, 9.17) is 21.8 Å². The van der Waals surface area contributed by atoms with Crippen molar-refractivity contribution in [2.24, 2.45) is 10.7 Å². The molecular formula is C16H11ClN2O2. The Hall–Kier alpha value is -2.30. The molecule has 0 saturated heterocycles. The first-order valence-electron chi connectivity index (χ1n) is 6.44. The van der Waals surface area contributed by atoms with E-state index in [0.717, 1.165) is 5.39 Å². The molecule has 4 nitrogen and oxygen atoms in total. The molecule has 104 valence electrons. The maximum atomic E-state index is 11.2. The number of benzene rings is 2. The van der Waals surface area contributed by atoms with Gasteiger partial charge in [0.05, 0.1) is 12.0 Å². The number of amidine groups is 1. The lowest BCUT2D eigenvalue weighted by molar-refractivity contribution is 0.159. The van der Waals surface area contributed by atoms with E-state index in [1.54, 1.807) is 30.5 Å². The van der Waals surface area contributed by atoms with E-state index in [1.165, 1.54) is 0 Å². The minimum atomic E-state index is -1.53. The number of aliphatic hydroxyl groups is 1. The Morgan fingerprint density at radius 2 is 2.00 bits per heavy atom. The lowest BCUT2D eigenvalue weighted by Crippen LogP contribution is -2.39. The number of hydrogen-bond acceptors (Lipinski definition) is 4. The van der Waals surface area contributed by atoms with Gasteiger partial charge in [-0.2, -0.15) is 0 Å². The lowest BCUT2D eigenvalue weighted by Gasteiger charge is -2.24. The van der Waals surface area contributed by atoms with Crippen molar-refractivity contribution in [3.05, 3.63) is 64.9 Å². The van der Waals surface area contributed by atoms with Crippen LogP contribution in [0.3, 0.4) is 0 Å². The normalized spacial score (nSPS) is 20.6. The van der Waals surface area contributed by atoms with E-state index in [2.05, 4.69) is 4.99 Å². The largest absolute Gasteiger partial charge is 0.464 e. The van der Waals surface area contributed by atoms with Crippen LogP contribution in [0.2, 0.25) is 5.02 Å². The van der Waals surface area contributed by atoms with Gasteiger partial charge < -0.3 is 15.3 Å². The fourth-order valence-corrected chi connectivity index (χ4v) is 2.98. The second-order valence-electron chi connectivity index (χ2n) is 5.01. The SMILES string of the molecule is NC1=Nc2ccc(Cl)cc2C1(O)c1cccc2ccoc12. The maximum absolute atomic E-state index is 11.2. The average Bonchev–Trinajstić information content (AvgIpc) is 3.04. The zero-order chi connectivity index (χ0) is 14.6. The number of furan rings is 1. The predicted molar refractivity (Wildman–Crippen MR) is 81.9 cm³/mol. The molecule has 1 atom stereocenters. The summed E-state index contributed by atoms with van der Waals surface area (Å²) in [5.74, 6) is 0.115. The van der Waals surface area contributed by atoms with Gasteiger partial charge in [0.2, 0.25) is 0 Å². The third-order valence-electron chi connectivity index (χ3n) is 3.83. The summed E-state index contributed by atoms with van der Waals surface area (Å²) in [7, 11) is 0. The average molecular weight is 299 g/mol. The van der Waals surface area contributed by atoms with Gasteiger partial charge in [0.1, 0.15) is 11.4 Å². The summed E-state index contributed by atoms with van der Waals surface area (Å²) < 4.78 is 5.52. The highest BCUT2D eigenvalue weighted by Crippen LogP contribution is 2.44. The number of rotatable bonds is 1. The van der Waals surface area contributed by atoms with Gasteiger partial charge in [-0.05, 0) is 24.3 Å². The van der Waals surface area contributed by atoms with Crippen LogP contribution in [-0.4, -0.2) is 10.9 Å². The van der Waals surface area contributed by atoms with Crippen molar-refractivity contribution in [1.29, 1.82) is 0 Å². The molecule has 1 aromatic heterocycles. The van der Waals surface area contributed by atoms with Gasteiger partial charge in [0.25, 0.3) is 0 Å². The van der Waals surface area contributed by atoms with Crippen molar-refractivity contribution in [1.82, 2.24) is 0 Å². The molecule has 1 aliphatic heterocycles. The maximum Gasteiger partial charge on any atom is 0.178 e. The third-order valence-corrected chi connectivity index (χ3v) is 4.06. The summed E-state index contributed by atoms with van der Waals surface area (Å²) in [6, 6.07) is 12.5. The Kier molecular flexibility index (Phi) is 2.43. The monoisotopic (exact) mass is 298 g/mol. The van der Waals surface area contributed by atoms with Gasteiger partial charge >= 0.3 is 0 Å². The van der Waals surface area contributed by atoms with Gasteiger partial charge in [0.15, 0.2) is 5.60 Å². The van der Waals surface area contributed by atoms with Crippen molar-refractivity contribution in [3.63, 3.8) is 0 Å². The minimum absolute atomic E-state index is 0.115. The first-order chi connectivity index (χ1) is 10.1. The summed E-state index contributed by atoms with van der Waals surface area (Å²) in [6.07, 6.45) is 1.58. The van der Waals surface area contributed by atoms with Crippen LogP contribution in [0.5, 0.6) is 0 Å². The number of nitrogens with two attached hydrogens (primary N) is 1. The summed E-state index contributed by atoms with van der Waals surface area (Å²) in [5, 5.41) is 12.7. The van der Waals surface area contributed by atoms with E-state index < -0.39 is 5.60 Å². The topological polar surface area (TPSA) is 71.8 Å². The van der Waals surface area contributed by atoms with Crippen molar-refractivity contribution in [2.45, 2.75) is 5.60 Å². The van der Waals surface area contributed by atoms with E-state index in [0.29, 0.717) is 27.4 Å². The van der Waals surface area contributed by atoms with Crippen LogP contribution in [0, 0.1) is 0 Å². The molecule has 0 saturated carbocycles. The fourth-order valence-electron chi connectivity index (χ4n) is 2.81. The molecule has 21 heavy (non-hydrogen) atoms. The number of nitrogens with zero attached hydrogens (tertiary/aromatic N) is 1. The van der Waals surface area contributed by atoms with Crippen molar-refractivity contribution < 1.29 is 9.52 Å². The molecule has 0 spiro atoms. The lowest BCUT2D eigenvalue weighted by atomic mass is 9.85. The summed E-state index contributed by atoms with van der Waals surface area (Å²) >= 11 is 6.06. The van der Waals surface area contributed by atoms with Gasteiger partial charge in [-0.1, -0.05) is 29.8 Å². The van der Waals surface area contributed by atoms with E-state index in [9.17, 15) is 5.11 Å². The van der Waals surface area contributed by atoms with Gasteiger partial charge in [-0.25, -0.2) is 4.99 Å². The van der Waals surface area contributed by atoms with E-state index >= 15 is 0 Å². The van der Waals surface area contributed by atoms with Crippen molar-refractivity contribution in [3.8, 4) is 0 Å². The highest BCUT2D eigenvalue weighted by atomic mass is 35.5. The number of para-hydroxylation sites is 1. The van der Waals surface area contributed by atoms with Crippen LogP contribution in [-0.2, 0) is 5.60 Å². The Bertz CT molecular complexity index is 900. The third kappa shape index (κ3) is 1.57. The van der Waals surface area contributed by atoms with Crippen LogP contribution in [0.1, 0.15) is 11.1 Å². The summed E-state index contributed by atoms with van der Waals surface area (Å²) in [6.45, 7) is 0. The quantitative estimate of drug-likeness (QED) is 0.724. The number of fused-ring (bicyclic) bond motifs is 2. The molecule has 0 amide bonds. The molecule has 0 radical (unpaired) electrons. The number of aliphatic imine (C=N–C) groups is 1. The molecule has 0 fully saturated rings. The molecule has 1 unspecified atom stereocenters. The number of hydrogen-bond donors (Lipinski definition) is 2. The van der Waals surface area contributed by atoms with Crippen LogP contribution < -0.4 is 5.73 Å². The van der Waals surface area contributed by atoms with E-state index in [1.807, 2.05) is 18.2 Å². The zero-order valence-electron chi connectivity index (χ0n) is 10.9.